The lowest BCUT2D eigenvalue weighted by Crippen LogP contribution is -2.44. The van der Waals surface area contributed by atoms with E-state index in [4.69, 9.17) is 27.9 Å². The summed E-state index contributed by atoms with van der Waals surface area (Å²) in [6, 6.07) is 10.8. The summed E-state index contributed by atoms with van der Waals surface area (Å²) in [6.07, 6.45) is 0.761. The molecule has 0 saturated carbocycles. The van der Waals surface area contributed by atoms with Crippen LogP contribution in [0.5, 0.6) is 0 Å². The van der Waals surface area contributed by atoms with Gasteiger partial charge in [0.1, 0.15) is 0 Å². The van der Waals surface area contributed by atoms with Gasteiger partial charge >= 0.3 is 0 Å². The monoisotopic (exact) mass is 632 g/mol. The number of ether oxygens (including phenoxy) is 1. The van der Waals surface area contributed by atoms with E-state index >= 15 is 0 Å². The molecule has 2 aliphatic rings. The smallest absolute Gasteiger partial charge is 0.256 e. The summed E-state index contributed by atoms with van der Waals surface area (Å²) in [5.41, 5.74) is 2.67. The van der Waals surface area contributed by atoms with E-state index in [9.17, 15) is 23.1 Å². The normalized spacial score (nSPS) is 17.2. The molecule has 5 rings (SSSR count). The predicted molar refractivity (Wildman–Crippen MR) is 161 cm³/mol. The third kappa shape index (κ3) is 6.72. The minimum absolute atomic E-state index is 0.00507. The molecule has 222 valence electrons. The molecule has 0 radical (unpaired) electrons. The highest BCUT2D eigenvalue weighted by Gasteiger charge is 2.28. The number of aromatic nitrogens is 1. The fraction of sp³-hybridized carbons (Fsp3) is 0.310. The van der Waals surface area contributed by atoms with Crippen molar-refractivity contribution in [1.29, 1.82) is 0 Å². The van der Waals surface area contributed by atoms with Gasteiger partial charge in [0.05, 0.1) is 46.8 Å². The van der Waals surface area contributed by atoms with Gasteiger partial charge in [-0.05, 0) is 49.4 Å². The SMILES string of the molecule is Cc1cc(C(=O)NCC(O)CN2CCOCC2)c(C=C2C(=O)Nc3ccc(S(=O)(=O)Cc4c(Cl)cccc4Cl)cc32)[nH]1. The van der Waals surface area contributed by atoms with Crippen LogP contribution in [0.25, 0.3) is 11.6 Å². The molecular formula is C29H30Cl2N4O6S. The van der Waals surface area contributed by atoms with E-state index < -0.39 is 33.5 Å². The fourth-order valence-corrected chi connectivity index (χ4v) is 7.08. The summed E-state index contributed by atoms with van der Waals surface area (Å²) < 4.78 is 32.0. The number of hydrogen-bond acceptors (Lipinski definition) is 7. The lowest BCUT2D eigenvalue weighted by Gasteiger charge is -2.28. The summed E-state index contributed by atoms with van der Waals surface area (Å²) in [6.45, 7) is 4.91. The highest BCUT2D eigenvalue weighted by molar-refractivity contribution is 7.90. The number of H-pyrrole nitrogens is 1. The van der Waals surface area contributed by atoms with E-state index in [0.717, 1.165) is 13.1 Å². The first-order valence-electron chi connectivity index (χ1n) is 13.3. The molecule has 42 heavy (non-hydrogen) atoms. The molecule has 2 aliphatic heterocycles. The molecule has 1 saturated heterocycles. The molecule has 2 aromatic carbocycles. The number of anilines is 1. The lowest BCUT2D eigenvalue weighted by molar-refractivity contribution is -0.110. The second-order valence-electron chi connectivity index (χ2n) is 10.2. The van der Waals surface area contributed by atoms with Crippen LogP contribution in [-0.4, -0.2) is 80.7 Å². The second kappa shape index (κ2) is 12.6. The number of aromatic amines is 1. The van der Waals surface area contributed by atoms with Crippen molar-refractivity contribution in [2.75, 3.05) is 44.7 Å². The van der Waals surface area contributed by atoms with Crippen molar-refractivity contribution >= 4 is 62.2 Å². The van der Waals surface area contributed by atoms with Crippen molar-refractivity contribution in [3.63, 3.8) is 0 Å². The van der Waals surface area contributed by atoms with E-state index in [1.54, 1.807) is 31.2 Å². The topological polar surface area (TPSA) is 141 Å². The number of fused-ring (bicyclic) bond motifs is 1. The highest BCUT2D eigenvalue weighted by Crippen LogP contribution is 2.36. The fourth-order valence-electron chi connectivity index (χ4n) is 4.96. The van der Waals surface area contributed by atoms with Gasteiger partial charge in [-0.1, -0.05) is 29.3 Å². The maximum atomic E-state index is 13.3. The van der Waals surface area contributed by atoms with Gasteiger partial charge in [0.2, 0.25) is 0 Å². The van der Waals surface area contributed by atoms with Crippen LogP contribution in [0.4, 0.5) is 5.69 Å². The van der Waals surface area contributed by atoms with Gasteiger partial charge in [0, 0.05) is 58.7 Å². The molecule has 1 fully saturated rings. The zero-order valence-corrected chi connectivity index (χ0v) is 25.1. The first-order chi connectivity index (χ1) is 20.0. The van der Waals surface area contributed by atoms with Gasteiger partial charge in [0.25, 0.3) is 11.8 Å². The largest absolute Gasteiger partial charge is 0.390 e. The molecule has 3 heterocycles. The Morgan fingerprint density at radius 2 is 1.88 bits per heavy atom. The van der Waals surface area contributed by atoms with E-state index in [-0.39, 0.29) is 32.6 Å². The number of morpholine rings is 1. The van der Waals surface area contributed by atoms with Gasteiger partial charge in [-0.2, -0.15) is 0 Å². The Bertz CT molecular complexity index is 1640. The molecule has 1 atom stereocenters. The number of aliphatic hydroxyl groups excluding tert-OH is 1. The molecule has 2 amide bonds. The number of halogens is 2. The Balaban J connectivity index is 1.37. The van der Waals surface area contributed by atoms with Gasteiger partial charge in [-0.3, -0.25) is 14.5 Å². The molecule has 4 N–H and O–H groups in total. The van der Waals surface area contributed by atoms with E-state index in [1.807, 2.05) is 0 Å². The zero-order chi connectivity index (χ0) is 30.0. The van der Waals surface area contributed by atoms with Crippen LogP contribution >= 0.6 is 23.2 Å². The molecule has 0 bridgehead atoms. The number of aliphatic hydroxyl groups is 1. The number of aryl methyl sites for hydroxylation is 1. The molecule has 0 spiro atoms. The minimum Gasteiger partial charge on any atom is -0.390 e. The molecule has 0 aliphatic carbocycles. The molecular weight excluding hydrogens is 603 g/mol. The first-order valence-corrected chi connectivity index (χ1v) is 15.7. The third-order valence-corrected chi connectivity index (χ3v) is 9.47. The van der Waals surface area contributed by atoms with Gasteiger partial charge < -0.3 is 25.5 Å². The highest BCUT2D eigenvalue weighted by atomic mass is 35.5. The zero-order valence-electron chi connectivity index (χ0n) is 22.7. The number of nitrogens with one attached hydrogen (secondary N) is 3. The number of carbonyl (C=O) groups excluding carboxylic acids is 2. The second-order valence-corrected chi connectivity index (χ2v) is 13.0. The Morgan fingerprint density at radius 3 is 2.60 bits per heavy atom. The Hall–Kier alpha value is -3.19. The molecule has 1 unspecified atom stereocenters. The Kier molecular flexibility index (Phi) is 9.07. The average molecular weight is 634 g/mol. The van der Waals surface area contributed by atoms with Crippen LogP contribution in [0.1, 0.15) is 32.9 Å². The van der Waals surface area contributed by atoms with Crippen LogP contribution in [0.3, 0.4) is 0 Å². The van der Waals surface area contributed by atoms with Crippen molar-refractivity contribution < 1.29 is 27.9 Å². The molecule has 3 aromatic rings. The van der Waals surface area contributed by atoms with Crippen molar-refractivity contribution in [1.82, 2.24) is 15.2 Å². The number of carbonyl (C=O) groups is 2. The van der Waals surface area contributed by atoms with Crippen molar-refractivity contribution in [3.8, 4) is 0 Å². The number of sulfone groups is 1. The van der Waals surface area contributed by atoms with Gasteiger partial charge in [-0.15, -0.1) is 0 Å². The van der Waals surface area contributed by atoms with Crippen molar-refractivity contribution in [2.45, 2.75) is 23.7 Å². The lowest BCUT2D eigenvalue weighted by atomic mass is 10.0. The van der Waals surface area contributed by atoms with Crippen LogP contribution in [0.15, 0.2) is 47.4 Å². The number of hydrogen-bond donors (Lipinski definition) is 4. The number of benzene rings is 2. The maximum absolute atomic E-state index is 13.3. The van der Waals surface area contributed by atoms with Gasteiger partial charge in [-0.25, -0.2) is 8.42 Å². The predicted octanol–water partition coefficient (Wildman–Crippen LogP) is 3.52. The summed E-state index contributed by atoms with van der Waals surface area (Å²) >= 11 is 12.4. The summed E-state index contributed by atoms with van der Waals surface area (Å²) in [7, 11) is -3.88. The summed E-state index contributed by atoms with van der Waals surface area (Å²) in [5, 5.41) is 16.4. The summed E-state index contributed by atoms with van der Waals surface area (Å²) in [5.74, 6) is -1.27. The summed E-state index contributed by atoms with van der Waals surface area (Å²) in [4.78, 5) is 31.2. The van der Waals surface area contributed by atoms with Crippen LogP contribution < -0.4 is 10.6 Å². The number of amides is 2. The maximum Gasteiger partial charge on any atom is 0.256 e. The van der Waals surface area contributed by atoms with E-state index in [2.05, 4.69) is 20.5 Å². The van der Waals surface area contributed by atoms with Crippen LogP contribution in [-0.2, 0) is 25.1 Å². The number of rotatable bonds is 9. The van der Waals surface area contributed by atoms with E-state index in [0.29, 0.717) is 48.0 Å². The molecule has 13 heteroatoms. The van der Waals surface area contributed by atoms with Crippen molar-refractivity contribution in [2.24, 2.45) is 0 Å². The molecule has 10 nitrogen and oxygen atoms in total. The van der Waals surface area contributed by atoms with E-state index in [1.165, 1.54) is 24.3 Å². The van der Waals surface area contributed by atoms with Gasteiger partial charge in [0.15, 0.2) is 9.84 Å². The molecule has 1 aromatic heterocycles. The minimum atomic E-state index is -3.88. The van der Waals surface area contributed by atoms with Crippen LogP contribution in [0, 0.1) is 6.92 Å². The first kappa shape index (κ1) is 30.3. The number of β-amino-alcohol motifs (C(OH)–C–C–N with tert-alkyl or cyclic N) is 1. The van der Waals surface area contributed by atoms with Crippen molar-refractivity contribution in [3.05, 3.63) is 80.6 Å². The van der Waals surface area contributed by atoms with Crippen LogP contribution in [0.2, 0.25) is 10.0 Å². The Morgan fingerprint density at radius 1 is 1.17 bits per heavy atom. The third-order valence-electron chi connectivity index (χ3n) is 7.12. The quantitative estimate of drug-likeness (QED) is 0.265. The number of nitrogens with zero attached hydrogens (tertiary/aromatic N) is 1. The Labute approximate surface area is 253 Å². The standard InChI is InChI=1S/C29H30Cl2N4O6S/c1-17-11-22(28(37)32-14-18(36)15-35-7-9-41-10-8-35)27(33-17)13-21-20-12-19(5-6-26(20)34-29(21)38)42(39,40)16-23-24(30)3-2-4-25(23)31/h2-6,11-13,18,33,36H,7-10,14-16H2,1H3,(H,32,37)(H,34,38). The average Bonchev–Trinajstić information content (AvgIpc) is 3.48.